The van der Waals surface area contributed by atoms with Gasteiger partial charge in [0.2, 0.25) is 0 Å². The molecule has 0 aromatic rings. The monoisotopic (exact) mass is 227 g/mol. The summed E-state index contributed by atoms with van der Waals surface area (Å²) >= 11 is 0. The van der Waals surface area contributed by atoms with Crippen LogP contribution in [-0.2, 0) is 4.74 Å². The molecule has 1 fully saturated rings. The molecule has 16 heavy (non-hydrogen) atoms. The molecule has 1 amide bonds. The molecule has 0 spiro atoms. The minimum absolute atomic E-state index is 0.0852. The summed E-state index contributed by atoms with van der Waals surface area (Å²) in [4.78, 5) is 11.5. The van der Waals surface area contributed by atoms with E-state index < -0.39 is 5.60 Å². The predicted molar refractivity (Wildman–Crippen MR) is 62.3 cm³/mol. The number of ether oxygens (including phenoxy) is 1. The highest BCUT2D eigenvalue weighted by atomic mass is 16.6. The fourth-order valence-corrected chi connectivity index (χ4v) is 1.81. The third-order valence-corrected chi connectivity index (χ3v) is 2.46. The van der Waals surface area contributed by atoms with Crippen LogP contribution in [0.5, 0.6) is 0 Å². The van der Waals surface area contributed by atoms with Crippen molar-refractivity contribution in [3.63, 3.8) is 0 Å². The second-order valence-corrected chi connectivity index (χ2v) is 5.23. The second kappa shape index (κ2) is 5.23. The standard InChI is InChI=1S/C12H21NO3/c1-12(2,3)16-11(15)13-10-6-4-5-9(7-10)8-14/h8,10,14H,4-7H2,1-3H3,(H,13,15)/b9-8+. The normalized spacial score (nSPS) is 24.2. The molecular formula is C12H21NO3. The summed E-state index contributed by atoms with van der Waals surface area (Å²) in [5, 5.41) is 11.7. The quantitative estimate of drug-likeness (QED) is 0.677. The largest absolute Gasteiger partial charge is 0.516 e. The number of aliphatic hydroxyl groups excluding tert-OH is 1. The Hall–Kier alpha value is -1.19. The van der Waals surface area contributed by atoms with E-state index in [1.807, 2.05) is 20.8 Å². The van der Waals surface area contributed by atoms with Gasteiger partial charge in [-0.15, -0.1) is 0 Å². The van der Waals surface area contributed by atoms with Gasteiger partial charge < -0.3 is 15.2 Å². The molecular weight excluding hydrogens is 206 g/mol. The van der Waals surface area contributed by atoms with Gasteiger partial charge in [0.25, 0.3) is 0 Å². The summed E-state index contributed by atoms with van der Waals surface area (Å²) in [7, 11) is 0. The summed E-state index contributed by atoms with van der Waals surface area (Å²) in [5.41, 5.74) is 0.529. The first-order valence-electron chi connectivity index (χ1n) is 5.72. The first kappa shape index (κ1) is 12.9. The fraction of sp³-hybridized carbons (Fsp3) is 0.750. The van der Waals surface area contributed by atoms with Crippen molar-refractivity contribution in [2.75, 3.05) is 0 Å². The summed E-state index contributed by atoms with van der Waals surface area (Å²) in [6.45, 7) is 5.52. The van der Waals surface area contributed by atoms with E-state index in [1.54, 1.807) is 0 Å². The van der Waals surface area contributed by atoms with Crippen molar-refractivity contribution < 1.29 is 14.6 Å². The topological polar surface area (TPSA) is 58.6 Å². The van der Waals surface area contributed by atoms with Crippen LogP contribution in [0.4, 0.5) is 4.79 Å². The zero-order valence-electron chi connectivity index (χ0n) is 10.2. The first-order valence-corrected chi connectivity index (χ1v) is 5.72. The van der Waals surface area contributed by atoms with Crippen LogP contribution in [0.15, 0.2) is 11.8 Å². The zero-order valence-corrected chi connectivity index (χ0v) is 10.2. The average Bonchev–Trinajstić information content (AvgIpc) is 2.15. The maximum absolute atomic E-state index is 11.5. The first-order chi connectivity index (χ1) is 7.40. The maximum atomic E-state index is 11.5. The number of rotatable bonds is 1. The Bertz CT molecular complexity index is 278. The molecule has 1 aliphatic rings. The van der Waals surface area contributed by atoms with Crippen molar-refractivity contribution in [3.05, 3.63) is 11.8 Å². The van der Waals surface area contributed by atoms with E-state index >= 15 is 0 Å². The Kier molecular flexibility index (Phi) is 4.21. The Morgan fingerprint density at radius 3 is 2.81 bits per heavy atom. The number of aliphatic hydroxyl groups is 1. The molecule has 4 heteroatoms. The van der Waals surface area contributed by atoms with E-state index in [9.17, 15) is 4.79 Å². The number of hydrogen-bond donors (Lipinski definition) is 2. The third kappa shape index (κ3) is 4.55. The lowest BCUT2D eigenvalue weighted by atomic mass is 9.91. The molecule has 0 saturated heterocycles. The summed E-state index contributed by atoms with van der Waals surface area (Å²) in [6, 6.07) is 0.0852. The summed E-state index contributed by atoms with van der Waals surface area (Å²) in [5.74, 6) is 0. The van der Waals surface area contributed by atoms with Gasteiger partial charge >= 0.3 is 6.09 Å². The lowest BCUT2D eigenvalue weighted by Gasteiger charge is -2.26. The Labute approximate surface area is 96.7 Å². The Morgan fingerprint density at radius 2 is 2.25 bits per heavy atom. The van der Waals surface area contributed by atoms with Crippen LogP contribution in [0.2, 0.25) is 0 Å². The van der Waals surface area contributed by atoms with E-state index in [-0.39, 0.29) is 12.1 Å². The van der Waals surface area contributed by atoms with E-state index in [4.69, 9.17) is 9.84 Å². The SMILES string of the molecule is CC(C)(C)OC(=O)NC1CCC/C(=C\O)C1. The Morgan fingerprint density at radius 1 is 1.56 bits per heavy atom. The number of nitrogens with one attached hydrogen (secondary N) is 1. The van der Waals surface area contributed by atoms with E-state index in [0.29, 0.717) is 0 Å². The van der Waals surface area contributed by atoms with Crippen molar-refractivity contribution >= 4 is 6.09 Å². The van der Waals surface area contributed by atoms with Gasteiger partial charge in [-0.3, -0.25) is 0 Å². The van der Waals surface area contributed by atoms with Gasteiger partial charge in [0.1, 0.15) is 5.60 Å². The Balaban J connectivity index is 2.39. The smallest absolute Gasteiger partial charge is 0.407 e. The molecule has 0 aliphatic heterocycles. The maximum Gasteiger partial charge on any atom is 0.407 e. The zero-order chi connectivity index (χ0) is 12.2. The van der Waals surface area contributed by atoms with Crippen molar-refractivity contribution in [3.8, 4) is 0 Å². The molecule has 0 bridgehead atoms. The van der Waals surface area contributed by atoms with Crippen LogP contribution in [0.1, 0.15) is 46.5 Å². The minimum atomic E-state index is -0.464. The molecule has 0 heterocycles. The highest BCUT2D eigenvalue weighted by Crippen LogP contribution is 2.23. The number of carbonyl (C=O) groups is 1. The molecule has 0 radical (unpaired) electrons. The molecule has 1 atom stereocenters. The van der Waals surface area contributed by atoms with Crippen molar-refractivity contribution in [2.45, 2.75) is 58.1 Å². The van der Waals surface area contributed by atoms with Gasteiger partial charge in [-0.25, -0.2) is 4.79 Å². The van der Waals surface area contributed by atoms with E-state index in [1.165, 1.54) is 0 Å². The van der Waals surface area contributed by atoms with Crippen LogP contribution in [0.3, 0.4) is 0 Å². The third-order valence-electron chi connectivity index (χ3n) is 2.46. The molecule has 1 unspecified atom stereocenters. The van der Waals surface area contributed by atoms with Crippen LogP contribution in [0.25, 0.3) is 0 Å². The predicted octanol–water partition coefficient (Wildman–Crippen LogP) is 2.90. The van der Waals surface area contributed by atoms with Crippen molar-refractivity contribution in [1.29, 1.82) is 0 Å². The van der Waals surface area contributed by atoms with Crippen LogP contribution in [0, 0.1) is 0 Å². The van der Waals surface area contributed by atoms with Gasteiger partial charge in [-0.1, -0.05) is 0 Å². The lowest BCUT2D eigenvalue weighted by Crippen LogP contribution is -2.40. The lowest BCUT2D eigenvalue weighted by molar-refractivity contribution is 0.0498. The molecule has 0 aromatic heterocycles. The van der Waals surface area contributed by atoms with Gasteiger partial charge in [0.05, 0.1) is 6.26 Å². The highest BCUT2D eigenvalue weighted by Gasteiger charge is 2.22. The summed E-state index contributed by atoms with van der Waals surface area (Å²) < 4.78 is 5.18. The molecule has 4 nitrogen and oxygen atoms in total. The number of carbonyl (C=O) groups excluding carboxylic acids is 1. The molecule has 2 N–H and O–H groups in total. The van der Waals surface area contributed by atoms with Gasteiger partial charge in [-0.2, -0.15) is 0 Å². The second-order valence-electron chi connectivity index (χ2n) is 5.23. The highest BCUT2D eigenvalue weighted by molar-refractivity contribution is 5.68. The molecule has 0 aromatic carbocycles. The van der Waals surface area contributed by atoms with Crippen LogP contribution < -0.4 is 5.32 Å². The van der Waals surface area contributed by atoms with Crippen LogP contribution >= 0.6 is 0 Å². The average molecular weight is 227 g/mol. The number of hydrogen-bond acceptors (Lipinski definition) is 3. The fourth-order valence-electron chi connectivity index (χ4n) is 1.81. The van der Waals surface area contributed by atoms with E-state index in [2.05, 4.69) is 5.32 Å². The molecule has 1 rings (SSSR count). The molecule has 92 valence electrons. The van der Waals surface area contributed by atoms with E-state index in [0.717, 1.165) is 37.5 Å². The van der Waals surface area contributed by atoms with Gasteiger partial charge in [-0.05, 0) is 52.0 Å². The van der Waals surface area contributed by atoms with Crippen molar-refractivity contribution in [1.82, 2.24) is 5.32 Å². The van der Waals surface area contributed by atoms with Crippen molar-refractivity contribution in [2.24, 2.45) is 0 Å². The number of amides is 1. The number of alkyl carbamates (subject to hydrolysis) is 1. The summed E-state index contributed by atoms with van der Waals surface area (Å²) in [6.07, 6.45) is 4.35. The molecule has 1 saturated carbocycles. The van der Waals surface area contributed by atoms with Gasteiger partial charge in [0, 0.05) is 6.04 Å². The van der Waals surface area contributed by atoms with Gasteiger partial charge in [0.15, 0.2) is 0 Å². The minimum Gasteiger partial charge on any atom is -0.516 e. The van der Waals surface area contributed by atoms with Crippen LogP contribution in [-0.4, -0.2) is 22.8 Å². The molecule has 1 aliphatic carbocycles.